The number of nitrogen functional groups attached to an aromatic ring is 2. The summed E-state index contributed by atoms with van der Waals surface area (Å²) in [6, 6.07) is 28.0. The molecule has 0 saturated carbocycles. The lowest BCUT2D eigenvalue weighted by Crippen LogP contribution is -2.24. The highest BCUT2D eigenvalue weighted by Gasteiger charge is 2.32. The molecular weight excluding hydrogens is 1750 g/mol. The van der Waals surface area contributed by atoms with E-state index in [1.807, 2.05) is 81.5 Å². The van der Waals surface area contributed by atoms with Gasteiger partial charge in [0.1, 0.15) is 29.2 Å². The van der Waals surface area contributed by atoms with Gasteiger partial charge in [0.05, 0.1) is 31.0 Å². The van der Waals surface area contributed by atoms with Gasteiger partial charge < -0.3 is 54.6 Å². The molecule has 0 unspecified atom stereocenters. The molecule has 0 aliphatic carbocycles. The van der Waals surface area contributed by atoms with E-state index >= 15 is 0 Å². The average molecular weight is 1840 g/mol. The summed E-state index contributed by atoms with van der Waals surface area (Å²) in [7, 11) is 0. The first-order valence-corrected chi connectivity index (χ1v) is 43.3. The number of H-pyrrole nitrogens is 3. The van der Waals surface area contributed by atoms with Crippen LogP contribution in [0.4, 0.5) is 38.0 Å². The number of benzene rings is 5. The minimum atomic E-state index is -4.40. The number of hydrogen-bond donors (Lipinski definition) is 9. The summed E-state index contributed by atoms with van der Waals surface area (Å²) < 4.78 is 85.9. The summed E-state index contributed by atoms with van der Waals surface area (Å²) in [6.45, 7) is 18.9. The number of nitrogens with zero attached hydrogens (tertiary/aromatic N) is 17. The van der Waals surface area contributed by atoms with Crippen LogP contribution in [0.3, 0.4) is 0 Å². The van der Waals surface area contributed by atoms with Crippen molar-refractivity contribution in [3.8, 4) is 37.0 Å². The van der Waals surface area contributed by atoms with E-state index in [0.29, 0.717) is 136 Å². The first kappa shape index (κ1) is 93.4. The van der Waals surface area contributed by atoms with Crippen LogP contribution in [0, 0.1) is 94.8 Å². The topological polar surface area (TPSA) is 362 Å². The predicted octanol–water partition coefficient (Wildman–Crippen LogP) is 18.9. The largest absolute Gasteiger partial charge is 0.416 e. The molecule has 0 saturated heterocycles. The van der Waals surface area contributed by atoms with Gasteiger partial charge in [0.2, 0.25) is 0 Å². The summed E-state index contributed by atoms with van der Waals surface area (Å²) in [5.74, 6) is 8.49. The molecule has 40 heteroatoms. The normalized spacial score (nSPS) is 11.4. The maximum Gasteiger partial charge on any atom is 0.416 e. The van der Waals surface area contributed by atoms with Gasteiger partial charge in [-0.15, -0.1) is 37.0 Å². The van der Waals surface area contributed by atoms with E-state index in [4.69, 9.17) is 81.8 Å². The van der Waals surface area contributed by atoms with Crippen LogP contribution in [-0.4, -0.2) is 116 Å². The number of halogens is 9. The molecule has 0 spiro atoms. The third-order valence-corrected chi connectivity index (χ3v) is 22.8. The number of aryl methyl sites for hydroxylation is 11. The second kappa shape index (κ2) is 42.4. The summed E-state index contributed by atoms with van der Waals surface area (Å²) in [6.07, 6.45) is 17.2. The molecule has 0 aliphatic heterocycles. The monoisotopic (exact) mass is 1830 g/mol. The molecule has 26 nitrogen and oxygen atoms in total. The molecule has 0 bridgehead atoms. The highest BCUT2D eigenvalue weighted by atomic mass is 35.5. The predicted molar refractivity (Wildman–Crippen MR) is 477 cm³/mol. The van der Waals surface area contributed by atoms with E-state index in [0.717, 1.165) is 90.3 Å². The number of alkyl halides is 6. The lowest BCUT2D eigenvalue weighted by molar-refractivity contribution is -0.138. The van der Waals surface area contributed by atoms with Crippen LogP contribution in [0.25, 0.3) is 55.8 Å². The van der Waals surface area contributed by atoms with Crippen LogP contribution in [0.15, 0.2) is 173 Å². The van der Waals surface area contributed by atoms with E-state index in [-0.39, 0.29) is 34.5 Å². The summed E-state index contributed by atoms with van der Waals surface area (Å²) in [5.41, 5.74) is 23.2. The van der Waals surface area contributed by atoms with Crippen molar-refractivity contribution >= 4 is 161 Å². The summed E-state index contributed by atoms with van der Waals surface area (Å²) in [4.78, 5) is 65.0. The SMILES string of the molecule is C#CCCCn1cnc(=N)c2[nH]c(Sc3cc(C)cc(C)c3)nc21.C#CCCn1c(Sc2cc(C)cc(Cl)c2)nc2c(N)ncnc21.C#CCCn1cnc(=N)c2[nH]c(Sc3cc(C)cc(Cl)c3)nc21.Cc1cc(Cl)cc(Sc2nc3c([nH]2)c(=N)ncn3CCC(F)(F)F)c1.Cc1cc(Sc2nc3c(N)ncnc3n2CCCNC(C)C)cc(C(F)(F)F)c1. The van der Waals surface area contributed by atoms with Crippen molar-refractivity contribution in [3.05, 3.63) is 193 Å². The van der Waals surface area contributed by atoms with Crippen LogP contribution in [0.1, 0.15) is 91.3 Å². The fourth-order valence-corrected chi connectivity index (χ4v) is 18.4. The number of aromatic amines is 3. The Morgan fingerprint density at radius 1 is 0.435 bits per heavy atom. The molecule has 5 aromatic carbocycles. The van der Waals surface area contributed by atoms with Gasteiger partial charge in [-0.3, -0.25) is 16.2 Å². The number of fused-ring (bicyclic) bond motifs is 5. The average Bonchev–Trinajstić information content (AvgIpc) is 1.64. The highest BCUT2D eigenvalue weighted by molar-refractivity contribution is 8.00. The van der Waals surface area contributed by atoms with E-state index in [1.54, 1.807) is 43.5 Å². The van der Waals surface area contributed by atoms with Crippen LogP contribution >= 0.6 is 93.6 Å². The minimum Gasteiger partial charge on any atom is -0.382 e. The Morgan fingerprint density at radius 2 is 0.806 bits per heavy atom. The molecule has 11 N–H and O–H groups in total. The van der Waals surface area contributed by atoms with Crippen molar-refractivity contribution in [1.29, 1.82) is 16.2 Å². The van der Waals surface area contributed by atoms with E-state index < -0.39 is 24.3 Å². The third kappa shape index (κ3) is 25.7. The molecule has 0 amide bonds. The van der Waals surface area contributed by atoms with Gasteiger partial charge in [0, 0.05) is 97.6 Å². The molecule has 124 heavy (non-hydrogen) atoms. The minimum absolute atomic E-state index is 0.0696. The molecule has 0 atom stereocenters. The van der Waals surface area contributed by atoms with Crippen molar-refractivity contribution in [2.75, 3.05) is 18.0 Å². The van der Waals surface area contributed by atoms with E-state index in [2.05, 4.69) is 150 Å². The number of rotatable bonds is 24. The molecule has 0 fully saturated rings. The molecule has 10 aromatic heterocycles. The maximum atomic E-state index is 13.2. The molecule has 642 valence electrons. The van der Waals surface area contributed by atoms with Crippen molar-refractivity contribution in [2.45, 2.75) is 195 Å². The first-order chi connectivity index (χ1) is 59.1. The number of nitrogens with one attached hydrogen (secondary N) is 7. The molecule has 0 aliphatic rings. The van der Waals surface area contributed by atoms with Gasteiger partial charge in [-0.2, -0.15) is 26.3 Å². The Hall–Kier alpha value is -11.3. The van der Waals surface area contributed by atoms with Crippen molar-refractivity contribution < 1.29 is 26.3 Å². The van der Waals surface area contributed by atoms with E-state index in [9.17, 15) is 26.3 Å². The number of nitrogens with two attached hydrogens (primary N) is 2. The molecule has 15 aromatic rings. The van der Waals surface area contributed by atoms with Crippen LogP contribution in [0.2, 0.25) is 15.1 Å². The van der Waals surface area contributed by atoms with Crippen molar-refractivity contribution in [3.63, 3.8) is 0 Å². The molecule has 10 heterocycles. The van der Waals surface area contributed by atoms with Gasteiger partial charge in [-0.25, -0.2) is 59.8 Å². The second-order valence-corrected chi connectivity index (χ2v) is 34.9. The third-order valence-electron chi connectivity index (χ3n) is 17.7. The lowest BCUT2D eigenvalue weighted by atomic mass is 10.1. The Morgan fingerprint density at radius 3 is 1.21 bits per heavy atom. The lowest BCUT2D eigenvalue weighted by Gasteiger charge is -2.12. The Labute approximate surface area is 744 Å². The van der Waals surface area contributed by atoms with E-state index in [1.165, 1.54) is 81.7 Å². The second-order valence-electron chi connectivity index (χ2n) is 28.3. The fraction of sp³-hybridized carbons (Fsp3) is 0.274. The smallest absolute Gasteiger partial charge is 0.382 e. The zero-order valence-electron chi connectivity index (χ0n) is 68.0. The number of aromatic nitrogens is 20. The quantitative estimate of drug-likeness (QED) is 0.0154. The van der Waals surface area contributed by atoms with Gasteiger partial charge in [-0.05, 0) is 179 Å². The van der Waals surface area contributed by atoms with Crippen molar-refractivity contribution in [1.82, 2.24) is 103 Å². The Kier molecular flexibility index (Phi) is 31.9. The zero-order chi connectivity index (χ0) is 89.3. The molecule has 0 radical (unpaired) electrons. The Balaban J connectivity index is 0.000000151. The van der Waals surface area contributed by atoms with Gasteiger partial charge in [-0.1, -0.05) is 114 Å². The highest BCUT2D eigenvalue weighted by Crippen LogP contribution is 2.39. The molecular formula is C84H83Cl3F6N26S5. The van der Waals surface area contributed by atoms with Gasteiger partial charge in [0.25, 0.3) is 0 Å². The molecule has 15 rings (SSSR count). The number of unbranched alkanes of at least 4 members (excludes halogenated alkanes) is 1. The zero-order valence-corrected chi connectivity index (χ0v) is 74.4. The Bertz CT molecular complexity index is 6610. The van der Waals surface area contributed by atoms with Crippen LogP contribution in [-0.2, 0) is 38.9 Å². The summed E-state index contributed by atoms with van der Waals surface area (Å²) in [5, 5.41) is 32.3. The van der Waals surface area contributed by atoms with Gasteiger partial charge in [0.15, 0.2) is 93.2 Å². The number of anilines is 2. The van der Waals surface area contributed by atoms with Gasteiger partial charge >= 0.3 is 12.4 Å². The van der Waals surface area contributed by atoms with Crippen molar-refractivity contribution in [2.24, 2.45) is 0 Å². The number of terminal acetylenes is 3. The van der Waals surface area contributed by atoms with Crippen LogP contribution in [0.5, 0.6) is 0 Å². The number of imidazole rings is 5. The van der Waals surface area contributed by atoms with Crippen LogP contribution < -0.4 is 33.2 Å². The fourth-order valence-electron chi connectivity index (χ4n) is 12.3. The maximum absolute atomic E-state index is 13.2. The summed E-state index contributed by atoms with van der Waals surface area (Å²) >= 11 is 25.2. The number of hydrogen-bond acceptors (Lipinski definition) is 23. The standard InChI is InChI=1S/C19H23F3N6S.C18H19N5S.2C16H14ClN5S.C15H13ClF3N5S/c1-11(2)24-5-4-6-28-17-15(16(23)25-10-26-17)27-18(28)29-14-8-12(3)7-13(9-14)19(20,21)22;1-4-5-6-7-23-11-20-16(19)15-17(23)22-18(21-15)24-14-9-12(2)8-13(3)10-14;1-3-4-5-22-9-19-14(18)13-15(22)21-16(20-13)23-12-7-10(2)6-11(17)8-12;1-3-4-5-22-15-13(14(18)19-9-20-15)21-16(22)23-12-7-10(2)6-11(17)8-12;1-8-4-9(16)6-10(5-8)25-14-22-11-12(20)21-7-24(13(11)23-14)3-2-15(17,18)19/h7-11,24H,4-6H2,1-3H3,(H2,23,25,26);1,8-11,19H,5-7H2,2-3H3,(H,21,22);1,6-9,18H,4-5H2,2H3,(H,20,21);1,6-9H,4-5H2,2H3,(H2,18,19,20);4-7,20H,2-3H2,1H3,(H,22,23). The first-order valence-electron chi connectivity index (χ1n) is 38.1.